The molecule has 5 nitrogen and oxygen atoms in total. The van der Waals surface area contributed by atoms with Gasteiger partial charge in [-0.05, 0) is 19.4 Å². The van der Waals surface area contributed by atoms with Crippen molar-refractivity contribution in [3.63, 3.8) is 0 Å². The molecular weight excluding hydrogens is 263 g/mol. The zero-order valence-electron chi connectivity index (χ0n) is 10.6. The molecule has 19 heavy (non-hydrogen) atoms. The first-order valence-corrected chi connectivity index (χ1v) is 6.21. The summed E-state index contributed by atoms with van der Waals surface area (Å²) in [5.74, 6) is -2.40. The van der Waals surface area contributed by atoms with E-state index in [9.17, 15) is 22.8 Å². The van der Waals surface area contributed by atoms with Crippen LogP contribution in [0.2, 0.25) is 0 Å². The van der Waals surface area contributed by atoms with Gasteiger partial charge in [0.2, 0.25) is 11.8 Å². The second-order valence-electron chi connectivity index (χ2n) is 4.38. The number of carbonyl (C=O) groups is 2. The zero-order valence-corrected chi connectivity index (χ0v) is 10.6. The van der Waals surface area contributed by atoms with Crippen LogP contribution in [0.3, 0.4) is 0 Å². The molecule has 0 spiro atoms. The van der Waals surface area contributed by atoms with Crippen molar-refractivity contribution in [1.29, 1.82) is 0 Å². The lowest BCUT2D eigenvalue weighted by Crippen LogP contribution is -2.54. The molecule has 1 saturated heterocycles. The van der Waals surface area contributed by atoms with Gasteiger partial charge in [-0.2, -0.15) is 13.2 Å². The fourth-order valence-electron chi connectivity index (χ4n) is 1.88. The predicted molar refractivity (Wildman–Crippen MR) is 62.3 cm³/mol. The minimum absolute atomic E-state index is 0.0803. The molecule has 2 atom stereocenters. The van der Waals surface area contributed by atoms with E-state index in [1.54, 1.807) is 0 Å². The van der Waals surface area contributed by atoms with Crippen LogP contribution in [0.25, 0.3) is 0 Å². The van der Waals surface area contributed by atoms with Gasteiger partial charge in [0.1, 0.15) is 12.0 Å². The fraction of sp³-hybridized carbons (Fsp3) is 0.818. The van der Waals surface area contributed by atoms with Gasteiger partial charge >= 0.3 is 6.18 Å². The lowest BCUT2D eigenvalue weighted by atomic mass is 9.93. The average molecular weight is 281 g/mol. The molecule has 2 unspecified atom stereocenters. The standard InChI is InChI=1S/C11H18F3N3O2/c1-2-15-5-6-16-9(18)7-3-4-8(11(12,13)14)17-10(7)19/h7-8,15H,2-6H2,1H3,(H,16,18)(H,17,19). The molecule has 0 aromatic carbocycles. The number of piperidine rings is 1. The number of likely N-dealkylation sites (N-methyl/N-ethyl adjacent to an activating group) is 1. The van der Waals surface area contributed by atoms with Crippen molar-refractivity contribution in [3.8, 4) is 0 Å². The van der Waals surface area contributed by atoms with Gasteiger partial charge in [0.15, 0.2) is 0 Å². The number of amides is 2. The maximum atomic E-state index is 12.4. The van der Waals surface area contributed by atoms with Gasteiger partial charge in [0, 0.05) is 13.1 Å². The Morgan fingerprint density at radius 2 is 2.05 bits per heavy atom. The first-order chi connectivity index (χ1) is 8.86. The largest absolute Gasteiger partial charge is 0.408 e. The number of carbonyl (C=O) groups excluding carboxylic acids is 2. The van der Waals surface area contributed by atoms with E-state index < -0.39 is 30.0 Å². The third-order valence-corrected chi connectivity index (χ3v) is 2.94. The number of nitrogens with one attached hydrogen (secondary N) is 3. The van der Waals surface area contributed by atoms with E-state index in [2.05, 4.69) is 10.6 Å². The molecule has 2 amide bonds. The third-order valence-electron chi connectivity index (χ3n) is 2.94. The van der Waals surface area contributed by atoms with Crippen LogP contribution >= 0.6 is 0 Å². The minimum Gasteiger partial charge on any atom is -0.354 e. The summed E-state index contributed by atoms with van der Waals surface area (Å²) in [6.07, 6.45) is -4.80. The van der Waals surface area contributed by atoms with E-state index in [-0.39, 0.29) is 12.8 Å². The zero-order chi connectivity index (χ0) is 14.5. The van der Waals surface area contributed by atoms with Crippen LogP contribution in [0.15, 0.2) is 0 Å². The summed E-state index contributed by atoms with van der Waals surface area (Å²) < 4.78 is 37.2. The second kappa shape index (κ2) is 6.74. The SMILES string of the molecule is CCNCCNC(=O)C1CCC(C(F)(F)F)NC1=O. The third kappa shape index (κ3) is 4.70. The Hall–Kier alpha value is -1.31. The van der Waals surface area contributed by atoms with Gasteiger partial charge in [0.05, 0.1) is 0 Å². The summed E-state index contributed by atoms with van der Waals surface area (Å²) in [7, 11) is 0. The Morgan fingerprint density at radius 1 is 1.37 bits per heavy atom. The van der Waals surface area contributed by atoms with E-state index in [1.807, 2.05) is 12.2 Å². The highest BCUT2D eigenvalue weighted by Gasteiger charge is 2.45. The maximum absolute atomic E-state index is 12.4. The molecule has 1 heterocycles. The van der Waals surface area contributed by atoms with Crippen molar-refractivity contribution >= 4 is 11.8 Å². The van der Waals surface area contributed by atoms with Gasteiger partial charge in [-0.15, -0.1) is 0 Å². The normalized spacial score (nSPS) is 23.9. The highest BCUT2D eigenvalue weighted by Crippen LogP contribution is 2.28. The van der Waals surface area contributed by atoms with Crippen molar-refractivity contribution < 1.29 is 22.8 Å². The van der Waals surface area contributed by atoms with E-state index in [0.29, 0.717) is 13.1 Å². The molecule has 1 aliphatic heterocycles. The van der Waals surface area contributed by atoms with Crippen LogP contribution < -0.4 is 16.0 Å². The summed E-state index contributed by atoms with van der Waals surface area (Å²) in [5.41, 5.74) is 0. The number of hydrogen-bond donors (Lipinski definition) is 3. The summed E-state index contributed by atoms with van der Waals surface area (Å²) in [4.78, 5) is 23.1. The Kier molecular flexibility index (Phi) is 5.59. The Balaban J connectivity index is 2.41. The minimum atomic E-state index is -4.46. The number of hydrogen-bond acceptors (Lipinski definition) is 3. The summed E-state index contributed by atoms with van der Waals surface area (Å²) >= 11 is 0. The molecule has 110 valence electrons. The Bertz CT molecular complexity index is 334. The van der Waals surface area contributed by atoms with Gasteiger partial charge in [-0.3, -0.25) is 9.59 Å². The van der Waals surface area contributed by atoms with Crippen molar-refractivity contribution in [2.24, 2.45) is 5.92 Å². The van der Waals surface area contributed by atoms with Crippen LogP contribution in [0.4, 0.5) is 13.2 Å². The molecule has 1 fully saturated rings. The summed E-state index contributed by atoms with van der Waals surface area (Å²) in [5, 5.41) is 7.36. The van der Waals surface area contributed by atoms with Crippen molar-refractivity contribution in [2.75, 3.05) is 19.6 Å². The molecule has 0 saturated carbocycles. The lowest BCUT2D eigenvalue weighted by Gasteiger charge is -2.29. The monoisotopic (exact) mass is 281 g/mol. The highest BCUT2D eigenvalue weighted by molar-refractivity contribution is 6.00. The molecule has 3 N–H and O–H groups in total. The number of halogens is 3. The van der Waals surface area contributed by atoms with Gasteiger partial charge in [-0.1, -0.05) is 6.92 Å². The molecule has 8 heteroatoms. The molecule has 1 aliphatic rings. The first-order valence-electron chi connectivity index (χ1n) is 6.21. The van der Waals surface area contributed by atoms with Gasteiger partial charge in [-0.25, -0.2) is 0 Å². The van der Waals surface area contributed by atoms with E-state index in [4.69, 9.17) is 0 Å². The first kappa shape index (κ1) is 15.7. The van der Waals surface area contributed by atoms with Crippen LogP contribution in [0.1, 0.15) is 19.8 Å². The van der Waals surface area contributed by atoms with Crippen molar-refractivity contribution in [2.45, 2.75) is 32.0 Å². The molecule has 0 aromatic rings. The molecule has 1 rings (SSSR count). The Morgan fingerprint density at radius 3 is 2.58 bits per heavy atom. The average Bonchev–Trinajstić information content (AvgIpc) is 2.33. The van der Waals surface area contributed by atoms with E-state index in [0.717, 1.165) is 6.54 Å². The van der Waals surface area contributed by atoms with Crippen LogP contribution in [0, 0.1) is 5.92 Å². The molecule has 0 aliphatic carbocycles. The quantitative estimate of drug-likeness (QED) is 0.497. The van der Waals surface area contributed by atoms with Gasteiger partial charge in [0.25, 0.3) is 0 Å². The maximum Gasteiger partial charge on any atom is 0.408 e. The molecular formula is C11H18F3N3O2. The number of alkyl halides is 3. The van der Waals surface area contributed by atoms with Crippen LogP contribution in [-0.4, -0.2) is 43.7 Å². The summed E-state index contributed by atoms with van der Waals surface area (Å²) in [6, 6.07) is -1.84. The van der Waals surface area contributed by atoms with Crippen LogP contribution in [-0.2, 0) is 9.59 Å². The van der Waals surface area contributed by atoms with Crippen molar-refractivity contribution in [3.05, 3.63) is 0 Å². The predicted octanol–water partition coefficient (Wildman–Crippen LogP) is 0.169. The molecule has 0 bridgehead atoms. The molecule has 0 aromatic heterocycles. The number of rotatable bonds is 5. The van der Waals surface area contributed by atoms with Crippen LogP contribution in [0.5, 0.6) is 0 Å². The lowest BCUT2D eigenvalue weighted by molar-refractivity contribution is -0.171. The second-order valence-corrected chi connectivity index (χ2v) is 4.38. The fourth-order valence-corrected chi connectivity index (χ4v) is 1.88. The highest BCUT2D eigenvalue weighted by atomic mass is 19.4. The van der Waals surface area contributed by atoms with Gasteiger partial charge < -0.3 is 16.0 Å². The van der Waals surface area contributed by atoms with E-state index in [1.165, 1.54) is 0 Å². The smallest absolute Gasteiger partial charge is 0.354 e. The van der Waals surface area contributed by atoms with Crippen molar-refractivity contribution in [1.82, 2.24) is 16.0 Å². The Labute approximate surface area is 109 Å². The topological polar surface area (TPSA) is 70.2 Å². The molecule has 0 radical (unpaired) electrons. The van der Waals surface area contributed by atoms with E-state index >= 15 is 0 Å². The summed E-state index contributed by atoms with van der Waals surface area (Å²) in [6.45, 7) is 3.57.